The van der Waals surface area contributed by atoms with Crippen molar-refractivity contribution >= 4 is 0 Å². The molecule has 3 rings (SSSR count). The Morgan fingerprint density at radius 3 is 2.57 bits per heavy atom. The number of hydrogen-bond donors (Lipinski definition) is 1. The zero-order valence-electron chi connectivity index (χ0n) is 11.1. The maximum Gasteiger partial charge on any atom is 0.416 e. The number of alkyl halides is 3. The van der Waals surface area contributed by atoms with Crippen molar-refractivity contribution in [1.29, 1.82) is 0 Å². The molecule has 112 valence electrons. The Kier molecular flexibility index (Phi) is 3.44. The van der Waals surface area contributed by atoms with Gasteiger partial charge in [-0.3, -0.25) is 0 Å². The Morgan fingerprint density at radius 2 is 1.95 bits per heavy atom. The molecular weight excluding hydrogens is 283 g/mol. The average Bonchev–Trinajstić information content (AvgIpc) is 2.82. The quantitative estimate of drug-likeness (QED) is 0.927. The molecule has 2 heterocycles. The van der Waals surface area contributed by atoms with Crippen LogP contribution in [0.3, 0.4) is 0 Å². The molecule has 0 saturated heterocycles. The van der Waals surface area contributed by atoms with Crippen molar-refractivity contribution in [2.75, 3.05) is 0 Å². The maximum absolute atomic E-state index is 12.5. The first-order valence-corrected chi connectivity index (χ1v) is 6.72. The summed E-state index contributed by atoms with van der Waals surface area (Å²) in [6, 6.07) is 4.97. The largest absolute Gasteiger partial charge is 0.416 e. The van der Waals surface area contributed by atoms with Gasteiger partial charge in [-0.25, -0.2) is 9.67 Å². The molecule has 1 atom stereocenters. The molecule has 1 aromatic carbocycles. The number of hydrogen-bond acceptors (Lipinski definition) is 3. The van der Waals surface area contributed by atoms with E-state index in [1.807, 2.05) is 0 Å². The lowest BCUT2D eigenvalue weighted by Gasteiger charge is -2.17. The highest BCUT2D eigenvalue weighted by Gasteiger charge is 2.30. The summed E-state index contributed by atoms with van der Waals surface area (Å²) in [4.78, 5) is 4.34. The van der Waals surface area contributed by atoms with Gasteiger partial charge in [0.15, 0.2) is 5.82 Å². The topological polar surface area (TPSA) is 50.9 Å². The minimum absolute atomic E-state index is 0.352. The van der Waals surface area contributed by atoms with Gasteiger partial charge in [-0.15, -0.1) is 0 Å². The zero-order valence-corrected chi connectivity index (χ0v) is 11.1. The molecule has 1 aliphatic heterocycles. The summed E-state index contributed by atoms with van der Waals surface area (Å²) in [5, 5.41) is 14.0. The minimum atomic E-state index is -4.33. The number of rotatable bonds is 2. The van der Waals surface area contributed by atoms with Crippen molar-refractivity contribution in [3.8, 4) is 0 Å². The minimum Gasteiger partial charge on any atom is -0.372 e. The summed E-state index contributed by atoms with van der Waals surface area (Å²) in [6.07, 6.45) is -2.35. The Labute approximate surface area is 119 Å². The summed E-state index contributed by atoms with van der Waals surface area (Å²) >= 11 is 0. The lowest BCUT2D eigenvalue weighted by atomic mass is 10.1. The first-order chi connectivity index (χ1) is 9.93. The number of fused-ring (bicyclic) bond motifs is 1. The number of aromatic nitrogens is 3. The van der Waals surface area contributed by atoms with Gasteiger partial charge in [-0.1, -0.05) is 12.1 Å². The van der Waals surface area contributed by atoms with Crippen molar-refractivity contribution in [3.63, 3.8) is 0 Å². The molecule has 21 heavy (non-hydrogen) atoms. The fourth-order valence-electron chi connectivity index (χ4n) is 2.45. The van der Waals surface area contributed by atoms with Crippen LogP contribution in [0.25, 0.3) is 0 Å². The Hall–Kier alpha value is -1.89. The summed E-state index contributed by atoms with van der Waals surface area (Å²) in [6.45, 7) is 0. The molecule has 0 radical (unpaired) electrons. The monoisotopic (exact) mass is 297 g/mol. The van der Waals surface area contributed by atoms with Gasteiger partial charge in [0.2, 0.25) is 0 Å². The van der Waals surface area contributed by atoms with Gasteiger partial charge in [-0.2, -0.15) is 18.3 Å². The first kappa shape index (κ1) is 14.1. The predicted molar refractivity (Wildman–Crippen MR) is 68.5 cm³/mol. The van der Waals surface area contributed by atoms with Crippen molar-refractivity contribution in [2.24, 2.45) is 0 Å². The average molecular weight is 297 g/mol. The van der Waals surface area contributed by atoms with Gasteiger partial charge < -0.3 is 5.11 Å². The second kappa shape index (κ2) is 5.14. The third-order valence-corrected chi connectivity index (χ3v) is 3.53. The molecule has 1 N–H and O–H groups in total. The molecule has 0 amide bonds. The standard InChI is InChI=1S/C14H14F3N3O/c15-14(16,17)10-6-4-9(5-7-10)8-11-18-12-2-1-3-13(21)20(12)19-11/h4-7,13,21H,1-3,8H2. The van der Waals surface area contributed by atoms with Gasteiger partial charge in [0.1, 0.15) is 12.1 Å². The molecular formula is C14H14F3N3O. The Morgan fingerprint density at radius 1 is 1.24 bits per heavy atom. The van der Waals surface area contributed by atoms with Gasteiger partial charge in [0.25, 0.3) is 0 Å². The van der Waals surface area contributed by atoms with E-state index in [2.05, 4.69) is 10.1 Å². The van der Waals surface area contributed by atoms with E-state index in [1.165, 1.54) is 16.8 Å². The van der Waals surface area contributed by atoms with Crippen LogP contribution in [0.5, 0.6) is 0 Å². The van der Waals surface area contributed by atoms with Gasteiger partial charge in [0.05, 0.1) is 5.56 Å². The maximum atomic E-state index is 12.5. The first-order valence-electron chi connectivity index (χ1n) is 6.72. The van der Waals surface area contributed by atoms with E-state index in [1.54, 1.807) is 0 Å². The number of aliphatic hydroxyl groups excluding tert-OH is 1. The van der Waals surface area contributed by atoms with E-state index in [4.69, 9.17) is 0 Å². The molecule has 1 unspecified atom stereocenters. The smallest absolute Gasteiger partial charge is 0.372 e. The molecule has 0 fully saturated rings. The summed E-state index contributed by atoms with van der Waals surface area (Å²) in [7, 11) is 0. The molecule has 7 heteroatoms. The lowest BCUT2D eigenvalue weighted by molar-refractivity contribution is -0.137. The predicted octanol–water partition coefficient (Wildman–Crippen LogP) is 2.71. The van der Waals surface area contributed by atoms with E-state index in [0.717, 1.165) is 30.8 Å². The van der Waals surface area contributed by atoms with Gasteiger partial charge in [-0.05, 0) is 30.5 Å². The van der Waals surface area contributed by atoms with Crippen LogP contribution in [0.15, 0.2) is 24.3 Å². The molecule has 2 aromatic rings. The molecule has 4 nitrogen and oxygen atoms in total. The third-order valence-electron chi connectivity index (χ3n) is 3.53. The van der Waals surface area contributed by atoms with Crippen LogP contribution < -0.4 is 0 Å². The zero-order chi connectivity index (χ0) is 15.0. The molecule has 1 aromatic heterocycles. The van der Waals surface area contributed by atoms with Crippen molar-refractivity contribution in [1.82, 2.24) is 14.8 Å². The number of aryl methyl sites for hydroxylation is 1. The van der Waals surface area contributed by atoms with E-state index in [-0.39, 0.29) is 0 Å². The fourth-order valence-corrected chi connectivity index (χ4v) is 2.45. The van der Waals surface area contributed by atoms with E-state index in [9.17, 15) is 18.3 Å². The normalized spacial score (nSPS) is 18.6. The van der Waals surface area contributed by atoms with Crippen LogP contribution in [0, 0.1) is 0 Å². The Balaban J connectivity index is 1.78. The second-order valence-electron chi connectivity index (χ2n) is 5.13. The number of nitrogens with zero attached hydrogens (tertiary/aromatic N) is 3. The third kappa shape index (κ3) is 2.92. The second-order valence-corrected chi connectivity index (χ2v) is 5.13. The highest BCUT2D eigenvalue weighted by atomic mass is 19.4. The highest BCUT2D eigenvalue weighted by Crippen LogP contribution is 2.29. The van der Waals surface area contributed by atoms with Gasteiger partial charge >= 0.3 is 6.18 Å². The Bertz CT molecular complexity index is 634. The van der Waals surface area contributed by atoms with Crippen molar-refractivity contribution < 1.29 is 18.3 Å². The number of benzene rings is 1. The summed E-state index contributed by atoms with van der Waals surface area (Å²) in [5.74, 6) is 1.25. The molecule has 0 bridgehead atoms. The van der Waals surface area contributed by atoms with E-state index < -0.39 is 18.0 Å². The lowest BCUT2D eigenvalue weighted by Crippen LogP contribution is -2.18. The van der Waals surface area contributed by atoms with Crippen LogP contribution in [-0.2, 0) is 19.0 Å². The molecule has 1 aliphatic rings. The highest BCUT2D eigenvalue weighted by molar-refractivity contribution is 5.26. The van der Waals surface area contributed by atoms with Crippen molar-refractivity contribution in [3.05, 3.63) is 47.0 Å². The fraction of sp³-hybridized carbons (Fsp3) is 0.429. The van der Waals surface area contributed by atoms with Crippen LogP contribution in [0.1, 0.15) is 41.8 Å². The van der Waals surface area contributed by atoms with Crippen LogP contribution in [0.4, 0.5) is 13.2 Å². The van der Waals surface area contributed by atoms with Crippen LogP contribution in [0.2, 0.25) is 0 Å². The van der Waals surface area contributed by atoms with Gasteiger partial charge in [0, 0.05) is 12.8 Å². The summed E-state index contributed by atoms with van der Waals surface area (Å²) < 4.78 is 39.0. The van der Waals surface area contributed by atoms with E-state index >= 15 is 0 Å². The molecule has 0 saturated carbocycles. The molecule has 0 aliphatic carbocycles. The van der Waals surface area contributed by atoms with Crippen LogP contribution >= 0.6 is 0 Å². The number of aliphatic hydroxyl groups is 1. The molecule has 0 spiro atoms. The summed E-state index contributed by atoms with van der Waals surface area (Å²) in [5.41, 5.74) is 0.0409. The van der Waals surface area contributed by atoms with E-state index in [0.29, 0.717) is 24.2 Å². The number of halogens is 3. The van der Waals surface area contributed by atoms with Crippen molar-refractivity contribution in [2.45, 2.75) is 38.1 Å². The SMILES string of the molecule is OC1CCCc2nc(Cc3ccc(C(F)(F)F)cc3)nn21. The van der Waals surface area contributed by atoms with Crippen LogP contribution in [-0.4, -0.2) is 19.9 Å².